The summed E-state index contributed by atoms with van der Waals surface area (Å²) in [5.74, 6) is -1.56. The van der Waals surface area contributed by atoms with Crippen LogP contribution in [-0.2, 0) is 9.59 Å². The van der Waals surface area contributed by atoms with Crippen molar-refractivity contribution in [1.82, 2.24) is 0 Å². The molecule has 0 aliphatic heterocycles. The molecule has 86 valence electrons. The van der Waals surface area contributed by atoms with Crippen molar-refractivity contribution >= 4 is 29.3 Å². The lowest BCUT2D eigenvalue weighted by Crippen LogP contribution is -2.22. The Morgan fingerprint density at radius 2 is 2.06 bits per heavy atom. The zero-order valence-corrected chi connectivity index (χ0v) is 9.71. The highest BCUT2D eigenvalue weighted by Crippen LogP contribution is 2.27. The SMILES string of the molecule is CCCSc1ccccc1NC(=O)C(=O)O. The van der Waals surface area contributed by atoms with Crippen LogP contribution in [-0.4, -0.2) is 22.7 Å². The molecule has 4 nitrogen and oxygen atoms in total. The van der Waals surface area contributed by atoms with Gasteiger partial charge in [-0.3, -0.25) is 4.79 Å². The van der Waals surface area contributed by atoms with Gasteiger partial charge in [0.2, 0.25) is 0 Å². The fourth-order valence-electron chi connectivity index (χ4n) is 1.08. The normalized spacial score (nSPS) is 9.81. The van der Waals surface area contributed by atoms with E-state index in [0.717, 1.165) is 17.1 Å². The number of aliphatic carboxylic acids is 1. The lowest BCUT2D eigenvalue weighted by atomic mass is 10.3. The minimum atomic E-state index is -1.48. The molecule has 0 heterocycles. The first-order valence-corrected chi connectivity index (χ1v) is 5.89. The van der Waals surface area contributed by atoms with Crippen LogP contribution < -0.4 is 5.32 Å². The second kappa shape index (κ2) is 6.17. The molecular formula is C11H13NO3S. The molecule has 0 atom stereocenters. The molecule has 1 aromatic rings. The Balaban J connectivity index is 2.78. The number of hydrogen-bond acceptors (Lipinski definition) is 3. The van der Waals surface area contributed by atoms with Gasteiger partial charge in [0.1, 0.15) is 0 Å². The summed E-state index contributed by atoms with van der Waals surface area (Å²) in [7, 11) is 0. The predicted molar refractivity (Wildman–Crippen MR) is 63.7 cm³/mol. The van der Waals surface area contributed by atoms with Crippen molar-refractivity contribution in [2.45, 2.75) is 18.2 Å². The number of carboxylic acid groups (broad SMARTS) is 1. The van der Waals surface area contributed by atoms with E-state index >= 15 is 0 Å². The smallest absolute Gasteiger partial charge is 0.394 e. The van der Waals surface area contributed by atoms with Crippen LogP contribution in [0, 0.1) is 0 Å². The van der Waals surface area contributed by atoms with Crippen LogP contribution in [0.25, 0.3) is 0 Å². The molecule has 2 N–H and O–H groups in total. The number of hydrogen-bond donors (Lipinski definition) is 2. The molecule has 16 heavy (non-hydrogen) atoms. The van der Waals surface area contributed by atoms with Gasteiger partial charge in [0.15, 0.2) is 0 Å². The molecule has 0 aromatic heterocycles. The summed E-state index contributed by atoms with van der Waals surface area (Å²) < 4.78 is 0. The van der Waals surface area contributed by atoms with E-state index in [1.807, 2.05) is 12.1 Å². The van der Waals surface area contributed by atoms with E-state index in [-0.39, 0.29) is 0 Å². The number of thioether (sulfide) groups is 1. The van der Waals surface area contributed by atoms with Gasteiger partial charge >= 0.3 is 11.9 Å². The van der Waals surface area contributed by atoms with Gasteiger partial charge in [0.25, 0.3) is 0 Å². The van der Waals surface area contributed by atoms with Gasteiger partial charge in [-0.15, -0.1) is 11.8 Å². The lowest BCUT2D eigenvalue weighted by Gasteiger charge is -2.08. The Morgan fingerprint density at radius 3 is 2.69 bits per heavy atom. The van der Waals surface area contributed by atoms with E-state index in [0.29, 0.717) is 5.69 Å². The first-order chi connectivity index (χ1) is 7.65. The zero-order chi connectivity index (χ0) is 12.0. The number of amides is 1. The van der Waals surface area contributed by atoms with Gasteiger partial charge in [0.05, 0.1) is 5.69 Å². The van der Waals surface area contributed by atoms with Crippen LogP contribution in [0.1, 0.15) is 13.3 Å². The molecule has 1 amide bonds. The maximum atomic E-state index is 11.0. The van der Waals surface area contributed by atoms with Crippen LogP contribution in [0.15, 0.2) is 29.2 Å². The highest BCUT2D eigenvalue weighted by molar-refractivity contribution is 7.99. The van der Waals surface area contributed by atoms with Crippen molar-refractivity contribution < 1.29 is 14.7 Å². The first-order valence-electron chi connectivity index (χ1n) is 4.91. The number of benzene rings is 1. The minimum Gasteiger partial charge on any atom is -0.474 e. The number of carboxylic acids is 1. The summed E-state index contributed by atoms with van der Waals surface area (Å²) in [6.45, 7) is 2.06. The second-order valence-corrected chi connectivity index (χ2v) is 4.24. The third-order valence-electron chi connectivity index (χ3n) is 1.79. The van der Waals surface area contributed by atoms with Crippen molar-refractivity contribution in [2.24, 2.45) is 0 Å². The molecule has 0 saturated heterocycles. The van der Waals surface area contributed by atoms with Gasteiger partial charge in [-0.1, -0.05) is 19.1 Å². The van der Waals surface area contributed by atoms with Crippen LogP contribution in [0.4, 0.5) is 5.69 Å². The second-order valence-electron chi connectivity index (χ2n) is 3.10. The highest BCUT2D eigenvalue weighted by atomic mass is 32.2. The number of anilines is 1. The third-order valence-corrected chi connectivity index (χ3v) is 3.07. The van der Waals surface area contributed by atoms with E-state index < -0.39 is 11.9 Å². The lowest BCUT2D eigenvalue weighted by molar-refractivity contribution is -0.147. The number of carbonyl (C=O) groups excluding carboxylic acids is 1. The van der Waals surface area contributed by atoms with E-state index in [1.54, 1.807) is 23.9 Å². The van der Waals surface area contributed by atoms with Crippen molar-refractivity contribution in [3.05, 3.63) is 24.3 Å². The van der Waals surface area contributed by atoms with Gasteiger partial charge in [-0.2, -0.15) is 0 Å². The maximum absolute atomic E-state index is 11.0. The Labute approximate surface area is 98.0 Å². The zero-order valence-electron chi connectivity index (χ0n) is 8.90. The molecule has 1 rings (SSSR count). The molecule has 0 saturated carbocycles. The van der Waals surface area contributed by atoms with Gasteiger partial charge in [-0.05, 0) is 24.3 Å². The predicted octanol–water partition coefficient (Wildman–Crippen LogP) is 2.21. The van der Waals surface area contributed by atoms with Crippen LogP contribution in [0.2, 0.25) is 0 Å². The average molecular weight is 239 g/mol. The number of rotatable bonds is 4. The van der Waals surface area contributed by atoms with Gasteiger partial charge in [0, 0.05) is 4.90 Å². The molecule has 0 bridgehead atoms. The van der Waals surface area contributed by atoms with Crippen molar-refractivity contribution in [3.8, 4) is 0 Å². The Kier molecular flexibility index (Phi) is 4.85. The molecule has 0 aliphatic rings. The largest absolute Gasteiger partial charge is 0.474 e. The molecule has 1 aromatic carbocycles. The monoisotopic (exact) mass is 239 g/mol. The summed E-state index contributed by atoms with van der Waals surface area (Å²) in [6.07, 6.45) is 1.02. The van der Waals surface area contributed by atoms with Crippen molar-refractivity contribution in [3.63, 3.8) is 0 Å². The molecule has 0 aliphatic carbocycles. The molecule has 0 radical (unpaired) electrons. The topological polar surface area (TPSA) is 66.4 Å². The molecule has 5 heteroatoms. The Morgan fingerprint density at radius 1 is 1.38 bits per heavy atom. The minimum absolute atomic E-state index is 0.549. The molecule has 0 unspecified atom stereocenters. The van der Waals surface area contributed by atoms with Crippen LogP contribution in [0.5, 0.6) is 0 Å². The molecular weight excluding hydrogens is 226 g/mol. The van der Waals surface area contributed by atoms with Crippen LogP contribution in [0.3, 0.4) is 0 Å². The maximum Gasteiger partial charge on any atom is 0.394 e. The summed E-state index contributed by atoms with van der Waals surface area (Å²) in [5, 5.41) is 10.9. The van der Waals surface area contributed by atoms with Gasteiger partial charge in [-0.25, -0.2) is 4.79 Å². The third kappa shape index (κ3) is 3.58. The summed E-state index contributed by atoms with van der Waals surface area (Å²) in [6, 6.07) is 7.17. The number of para-hydroxylation sites is 1. The van der Waals surface area contributed by atoms with Crippen molar-refractivity contribution in [1.29, 1.82) is 0 Å². The Hall–Kier alpha value is -1.49. The summed E-state index contributed by atoms with van der Waals surface area (Å²) in [4.78, 5) is 22.3. The quantitative estimate of drug-likeness (QED) is 0.624. The highest BCUT2D eigenvalue weighted by Gasteiger charge is 2.12. The number of carbonyl (C=O) groups is 2. The van der Waals surface area contributed by atoms with E-state index in [4.69, 9.17) is 5.11 Å². The van der Waals surface area contributed by atoms with E-state index in [2.05, 4.69) is 12.2 Å². The van der Waals surface area contributed by atoms with Crippen LogP contribution >= 0.6 is 11.8 Å². The average Bonchev–Trinajstić information content (AvgIpc) is 2.27. The van der Waals surface area contributed by atoms with Gasteiger partial charge < -0.3 is 10.4 Å². The summed E-state index contributed by atoms with van der Waals surface area (Å²) in [5.41, 5.74) is 0.549. The Bertz CT molecular complexity index is 393. The fourth-order valence-corrected chi connectivity index (χ4v) is 1.96. The summed E-state index contributed by atoms with van der Waals surface area (Å²) >= 11 is 1.59. The van der Waals surface area contributed by atoms with E-state index in [9.17, 15) is 9.59 Å². The van der Waals surface area contributed by atoms with E-state index in [1.165, 1.54) is 0 Å². The number of nitrogens with one attached hydrogen (secondary N) is 1. The molecule has 0 fully saturated rings. The van der Waals surface area contributed by atoms with Crippen molar-refractivity contribution in [2.75, 3.05) is 11.1 Å². The fraction of sp³-hybridized carbons (Fsp3) is 0.273. The molecule has 0 spiro atoms. The first kappa shape index (κ1) is 12.6. The standard InChI is InChI=1S/C11H13NO3S/c1-2-7-16-9-6-4-3-5-8(9)12-10(13)11(14)15/h3-6H,2,7H2,1H3,(H,12,13)(H,14,15).